The van der Waals surface area contributed by atoms with Crippen LogP contribution in [0.4, 0.5) is 11.4 Å². The molecule has 2 heteroatoms. The van der Waals surface area contributed by atoms with Crippen molar-refractivity contribution in [1.82, 2.24) is 0 Å². The molecule has 206 valence electrons. The van der Waals surface area contributed by atoms with Gasteiger partial charge in [-0.05, 0) is 92.7 Å². The number of rotatable bonds is 1. The van der Waals surface area contributed by atoms with Crippen molar-refractivity contribution in [1.29, 1.82) is 0 Å². The molecule has 0 amide bonds. The first-order valence-corrected chi connectivity index (χ1v) is 16.2. The van der Waals surface area contributed by atoms with Crippen molar-refractivity contribution in [3.8, 4) is 0 Å². The van der Waals surface area contributed by atoms with Gasteiger partial charge in [-0.15, -0.1) is 0 Å². The molecule has 0 N–H and O–H groups in total. The van der Waals surface area contributed by atoms with E-state index < -0.39 is 0 Å². The second-order valence-electron chi connectivity index (χ2n) is 13.8. The van der Waals surface area contributed by atoms with Crippen LogP contribution in [-0.2, 0) is 24.8 Å². The summed E-state index contributed by atoms with van der Waals surface area (Å²) in [5, 5.41) is 0. The van der Waals surface area contributed by atoms with Crippen LogP contribution in [0.25, 0.3) is 0 Å². The van der Waals surface area contributed by atoms with Crippen LogP contribution in [0, 0.1) is 0 Å². The van der Waals surface area contributed by atoms with Crippen molar-refractivity contribution in [2.75, 3.05) is 11.4 Å². The van der Waals surface area contributed by atoms with Gasteiger partial charge >= 0.3 is 0 Å². The number of para-hydroxylation sites is 1. The molecular weight excluding hydrogens is 532 g/mol. The molecule has 6 aromatic rings. The Bertz CT molecular complexity index is 2310. The molecule has 6 aliphatic rings. The summed E-state index contributed by atoms with van der Waals surface area (Å²) in [6.45, 7) is 0.920. The average molecular weight is 562 g/mol. The molecular formula is C42H29N2+. The third-order valence-corrected chi connectivity index (χ3v) is 12.0. The van der Waals surface area contributed by atoms with E-state index in [0.29, 0.717) is 5.92 Å². The molecule has 4 aliphatic carbocycles. The fourth-order valence-electron chi connectivity index (χ4n) is 10.7. The molecule has 2 nitrogen and oxygen atoms in total. The highest BCUT2D eigenvalue weighted by atomic mass is 15.3. The van der Waals surface area contributed by atoms with E-state index in [9.17, 15) is 0 Å². The number of fused-ring (bicyclic) bond motifs is 3. The summed E-state index contributed by atoms with van der Waals surface area (Å²) in [5.74, 6) is 0.567. The molecule has 3 heterocycles. The summed E-state index contributed by atoms with van der Waals surface area (Å²) >= 11 is 0. The van der Waals surface area contributed by atoms with Crippen molar-refractivity contribution < 1.29 is 4.57 Å². The van der Waals surface area contributed by atoms with Gasteiger partial charge in [-0.25, -0.2) is 0 Å². The molecule has 12 rings (SSSR count). The number of aromatic nitrogens is 1. The zero-order chi connectivity index (χ0) is 28.3. The average Bonchev–Trinajstić information content (AvgIpc) is 3.42. The lowest BCUT2D eigenvalue weighted by Crippen LogP contribution is -2.67. The Morgan fingerprint density at radius 2 is 1.23 bits per heavy atom. The minimum Gasteiger partial charge on any atom is -0.333 e. The predicted molar refractivity (Wildman–Crippen MR) is 172 cm³/mol. The number of hydrogen-bond acceptors (Lipinski definition) is 1. The Hall–Kier alpha value is -4.95. The Labute approximate surface area is 256 Å². The van der Waals surface area contributed by atoms with Crippen LogP contribution in [0.3, 0.4) is 0 Å². The Morgan fingerprint density at radius 3 is 2.11 bits per heavy atom. The number of benzene rings is 5. The van der Waals surface area contributed by atoms with Crippen LogP contribution in [0.1, 0.15) is 89.9 Å². The van der Waals surface area contributed by atoms with E-state index in [-0.39, 0.29) is 11.5 Å². The van der Waals surface area contributed by atoms with Gasteiger partial charge < -0.3 is 4.90 Å². The highest BCUT2D eigenvalue weighted by Crippen LogP contribution is 2.64. The standard InChI is InChI=1S/C42H29N2/c1-2-13-30(14-3-1)43-23-42-39-32(16-7-17-33(39)43)37-31-15-5-4-9-24(31)19-28-22-29-21-26-11-6-10-25-20-27-12-8-18-44(42)41(27)38(34(25)26)36(29)40(42)35(28)37/h1-18,22,37-38H,19-21,23H2/q+1. The van der Waals surface area contributed by atoms with Crippen LogP contribution < -0.4 is 9.47 Å². The van der Waals surface area contributed by atoms with Gasteiger partial charge in [0.1, 0.15) is 0 Å². The summed E-state index contributed by atoms with van der Waals surface area (Å²) in [6.07, 6.45) is 5.52. The molecule has 3 atom stereocenters. The highest BCUT2D eigenvalue weighted by Gasteiger charge is 2.65. The first kappa shape index (κ1) is 22.6. The highest BCUT2D eigenvalue weighted by molar-refractivity contribution is 5.83. The van der Waals surface area contributed by atoms with Crippen molar-refractivity contribution in [3.63, 3.8) is 0 Å². The molecule has 0 saturated heterocycles. The number of anilines is 2. The van der Waals surface area contributed by atoms with Gasteiger partial charge in [0, 0.05) is 35.2 Å². The summed E-state index contributed by atoms with van der Waals surface area (Å²) in [6, 6.07) is 42.1. The second-order valence-corrected chi connectivity index (χ2v) is 13.8. The van der Waals surface area contributed by atoms with Crippen LogP contribution in [0.5, 0.6) is 0 Å². The topological polar surface area (TPSA) is 7.12 Å². The van der Waals surface area contributed by atoms with E-state index in [2.05, 4.69) is 125 Å². The SMILES string of the molecule is c1ccc(N2CC34c5c(cccc52)C2c5ccccc5Cc5cc6c(c3c52)C2c3c(cccc3Cc3ccc[n+]4c32)C6)cc1. The molecule has 0 saturated carbocycles. The Morgan fingerprint density at radius 1 is 0.545 bits per heavy atom. The molecule has 1 spiro atoms. The fourth-order valence-corrected chi connectivity index (χ4v) is 10.7. The van der Waals surface area contributed by atoms with Gasteiger partial charge in [-0.1, -0.05) is 78.9 Å². The smallest absolute Gasteiger partial charge is 0.239 e. The maximum absolute atomic E-state index is 2.78. The predicted octanol–water partition coefficient (Wildman–Crippen LogP) is 7.62. The lowest BCUT2D eigenvalue weighted by atomic mass is 9.55. The number of hydrogen-bond donors (Lipinski definition) is 0. The molecule has 0 bridgehead atoms. The third kappa shape index (κ3) is 2.35. The first-order valence-electron chi connectivity index (χ1n) is 16.2. The van der Waals surface area contributed by atoms with Crippen molar-refractivity contribution in [3.05, 3.63) is 193 Å². The van der Waals surface area contributed by atoms with Crippen LogP contribution in [0.15, 0.2) is 115 Å². The number of pyridine rings is 1. The lowest BCUT2D eigenvalue weighted by Gasteiger charge is -2.49. The lowest BCUT2D eigenvalue weighted by molar-refractivity contribution is -0.750. The minimum absolute atomic E-state index is 0.264. The van der Waals surface area contributed by atoms with Crippen molar-refractivity contribution in [2.45, 2.75) is 36.6 Å². The molecule has 2 aliphatic heterocycles. The van der Waals surface area contributed by atoms with Crippen molar-refractivity contribution in [2.24, 2.45) is 0 Å². The van der Waals surface area contributed by atoms with E-state index in [4.69, 9.17) is 0 Å². The molecule has 0 fully saturated rings. The molecule has 44 heavy (non-hydrogen) atoms. The first-order chi connectivity index (χ1) is 21.8. The largest absolute Gasteiger partial charge is 0.333 e. The number of nitrogens with zero attached hydrogens (tertiary/aromatic N) is 2. The van der Waals surface area contributed by atoms with Gasteiger partial charge in [0.2, 0.25) is 5.54 Å². The molecule has 1 aromatic heterocycles. The van der Waals surface area contributed by atoms with E-state index >= 15 is 0 Å². The maximum atomic E-state index is 2.78. The zero-order valence-corrected chi connectivity index (χ0v) is 24.3. The quantitative estimate of drug-likeness (QED) is 0.187. The van der Waals surface area contributed by atoms with E-state index in [1.165, 1.54) is 56.0 Å². The maximum Gasteiger partial charge on any atom is 0.239 e. The van der Waals surface area contributed by atoms with Gasteiger partial charge in [-0.2, -0.15) is 4.57 Å². The Balaban J connectivity index is 1.30. The van der Waals surface area contributed by atoms with Gasteiger partial charge in [0.05, 0.1) is 23.7 Å². The molecule has 0 radical (unpaired) electrons. The summed E-state index contributed by atoms with van der Waals surface area (Å²) in [4.78, 5) is 2.63. The third-order valence-electron chi connectivity index (χ3n) is 12.0. The fraction of sp³-hybridized carbons (Fsp3) is 0.167. The minimum atomic E-state index is -0.272. The van der Waals surface area contributed by atoms with Crippen LogP contribution >= 0.6 is 0 Å². The summed E-state index contributed by atoms with van der Waals surface area (Å²) < 4.78 is 2.78. The van der Waals surface area contributed by atoms with E-state index in [1.807, 2.05) is 0 Å². The second kappa shape index (κ2) is 7.39. The normalized spacial score (nSPS) is 22.7. The van der Waals surface area contributed by atoms with Crippen LogP contribution in [0.2, 0.25) is 0 Å². The Kier molecular flexibility index (Phi) is 3.79. The van der Waals surface area contributed by atoms with Gasteiger partial charge in [-0.3, -0.25) is 0 Å². The van der Waals surface area contributed by atoms with E-state index in [1.54, 1.807) is 33.4 Å². The monoisotopic (exact) mass is 561 g/mol. The van der Waals surface area contributed by atoms with Crippen LogP contribution in [-0.4, -0.2) is 6.54 Å². The molecule has 3 unspecified atom stereocenters. The molecule has 5 aromatic carbocycles. The summed E-state index contributed by atoms with van der Waals surface area (Å²) in [5.41, 5.74) is 24.1. The zero-order valence-electron chi connectivity index (χ0n) is 24.3. The van der Waals surface area contributed by atoms with Gasteiger partial charge in [0.15, 0.2) is 11.9 Å². The van der Waals surface area contributed by atoms with E-state index in [0.717, 1.165) is 25.8 Å². The van der Waals surface area contributed by atoms with Crippen molar-refractivity contribution >= 4 is 11.4 Å². The summed E-state index contributed by atoms with van der Waals surface area (Å²) in [7, 11) is 0. The van der Waals surface area contributed by atoms with Gasteiger partial charge in [0.25, 0.3) is 0 Å².